The minimum atomic E-state index is -0.660. The third kappa shape index (κ3) is 5.46. The molecule has 0 unspecified atom stereocenters. The fourth-order valence-corrected chi connectivity index (χ4v) is 2.09. The van der Waals surface area contributed by atoms with Gasteiger partial charge in [-0.05, 0) is 40.2 Å². The first kappa shape index (κ1) is 15.8. The molecule has 0 aromatic rings. The highest BCUT2D eigenvalue weighted by molar-refractivity contribution is 5.81. The molecule has 1 saturated heterocycles. The van der Waals surface area contributed by atoms with Gasteiger partial charge in [0, 0.05) is 12.5 Å². The van der Waals surface area contributed by atoms with E-state index in [9.17, 15) is 9.59 Å². The molecule has 1 rings (SSSR count). The molecule has 6 nitrogen and oxygen atoms in total. The van der Waals surface area contributed by atoms with Crippen LogP contribution in [0.2, 0.25) is 0 Å². The number of piperidine rings is 1. The summed E-state index contributed by atoms with van der Waals surface area (Å²) < 4.78 is 9.94. The van der Waals surface area contributed by atoms with Crippen molar-refractivity contribution in [3.63, 3.8) is 0 Å². The van der Waals surface area contributed by atoms with Gasteiger partial charge in [-0.2, -0.15) is 0 Å². The third-order valence-corrected chi connectivity index (χ3v) is 2.93. The van der Waals surface area contributed by atoms with Crippen LogP contribution in [-0.2, 0) is 14.3 Å². The molecular weight excluding hydrogens is 248 g/mol. The number of carbonyl (C=O) groups is 2. The fourth-order valence-electron chi connectivity index (χ4n) is 2.09. The Morgan fingerprint density at radius 2 is 2.05 bits per heavy atom. The predicted octanol–water partition coefficient (Wildman–Crippen LogP) is 1.05. The Balaban J connectivity index is 2.64. The van der Waals surface area contributed by atoms with Crippen molar-refractivity contribution in [2.24, 2.45) is 5.92 Å². The molecule has 1 aliphatic rings. The highest BCUT2D eigenvalue weighted by atomic mass is 16.6. The zero-order valence-corrected chi connectivity index (χ0v) is 12.1. The molecule has 0 radical (unpaired) electrons. The summed E-state index contributed by atoms with van der Waals surface area (Å²) in [6.45, 7) is 6.97. The largest absolute Gasteiger partial charge is 0.467 e. The average molecular weight is 272 g/mol. The van der Waals surface area contributed by atoms with Gasteiger partial charge in [0.2, 0.25) is 0 Å². The van der Waals surface area contributed by atoms with Crippen LogP contribution in [0.1, 0.15) is 33.6 Å². The second-order valence-electron chi connectivity index (χ2n) is 5.75. The quantitative estimate of drug-likeness (QED) is 0.751. The lowest BCUT2D eigenvalue weighted by Crippen LogP contribution is -2.52. The summed E-state index contributed by atoms with van der Waals surface area (Å²) in [6, 6.07) is -0.660. The van der Waals surface area contributed by atoms with Crippen molar-refractivity contribution in [3.05, 3.63) is 0 Å². The summed E-state index contributed by atoms with van der Waals surface area (Å²) in [5.41, 5.74) is -0.588. The molecule has 1 amide bonds. The number of carbonyl (C=O) groups excluding carboxylic acids is 2. The van der Waals surface area contributed by atoms with Crippen molar-refractivity contribution >= 4 is 12.1 Å². The van der Waals surface area contributed by atoms with Gasteiger partial charge in [-0.1, -0.05) is 0 Å². The van der Waals surface area contributed by atoms with Crippen LogP contribution in [0, 0.1) is 5.92 Å². The molecule has 110 valence electrons. The van der Waals surface area contributed by atoms with Gasteiger partial charge in [0.25, 0.3) is 0 Å². The number of amides is 1. The summed E-state index contributed by atoms with van der Waals surface area (Å²) in [7, 11) is 1.32. The van der Waals surface area contributed by atoms with Gasteiger partial charge in [-0.3, -0.25) is 0 Å². The topological polar surface area (TPSA) is 76.7 Å². The Hall–Kier alpha value is -1.30. The molecule has 19 heavy (non-hydrogen) atoms. The van der Waals surface area contributed by atoms with Crippen molar-refractivity contribution < 1.29 is 19.1 Å². The van der Waals surface area contributed by atoms with Crippen LogP contribution < -0.4 is 10.6 Å². The molecule has 1 fully saturated rings. The van der Waals surface area contributed by atoms with Gasteiger partial charge in [-0.15, -0.1) is 0 Å². The molecule has 2 N–H and O–H groups in total. The Labute approximate surface area is 114 Å². The number of hydrogen-bond acceptors (Lipinski definition) is 5. The maximum atomic E-state index is 11.8. The highest BCUT2D eigenvalue weighted by Gasteiger charge is 2.33. The molecule has 1 aliphatic heterocycles. The van der Waals surface area contributed by atoms with Crippen LogP contribution in [0.4, 0.5) is 4.79 Å². The van der Waals surface area contributed by atoms with Crippen molar-refractivity contribution in [1.29, 1.82) is 0 Å². The van der Waals surface area contributed by atoms with E-state index in [1.165, 1.54) is 7.11 Å². The molecule has 2 atom stereocenters. The SMILES string of the molecule is COC(=O)[C@@H](NC(=O)OC(C)(C)C)[C@@H]1CCCNC1. The molecule has 0 saturated carbocycles. The van der Waals surface area contributed by atoms with E-state index in [0.717, 1.165) is 19.4 Å². The zero-order valence-electron chi connectivity index (χ0n) is 12.1. The number of nitrogens with one attached hydrogen (secondary N) is 2. The minimum Gasteiger partial charge on any atom is -0.467 e. The van der Waals surface area contributed by atoms with Crippen LogP contribution in [0.3, 0.4) is 0 Å². The monoisotopic (exact) mass is 272 g/mol. The number of alkyl carbamates (subject to hydrolysis) is 1. The van der Waals surface area contributed by atoms with Crippen molar-refractivity contribution in [1.82, 2.24) is 10.6 Å². The van der Waals surface area contributed by atoms with Crippen LogP contribution in [0.15, 0.2) is 0 Å². The van der Waals surface area contributed by atoms with Crippen molar-refractivity contribution in [2.45, 2.75) is 45.3 Å². The van der Waals surface area contributed by atoms with Crippen LogP contribution in [0.25, 0.3) is 0 Å². The Kier molecular flexibility index (Phi) is 5.60. The normalized spacial score (nSPS) is 21.4. The van der Waals surface area contributed by atoms with Gasteiger partial charge < -0.3 is 20.1 Å². The molecule has 0 aromatic heterocycles. The summed E-state index contributed by atoms with van der Waals surface area (Å²) >= 11 is 0. The molecule has 0 aromatic carbocycles. The lowest BCUT2D eigenvalue weighted by Gasteiger charge is -2.30. The minimum absolute atomic E-state index is 0.0359. The zero-order chi connectivity index (χ0) is 14.5. The van der Waals surface area contributed by atoms with Crippen molar-refractivity contribution in [3.8, 4) is 0 Å². The summed E-state index contributed by atoms with van der Waals surface area (Å²) in [6.07, 6.45) is 1.27. The molecule has 1 heterocycles. The Morgan fingerprint density at radius 1 is 1.37 bits per heavy atom. The average Bonchev–Trinajstić information content (AvgIpc) is 2.34. The van der Waals surface area contributed by atoms with Gasteiger partial charge in [0.15, 0.2) is 0 Å². The molecule has 0 spiro atoms. The smallest absolute Gasteiger partial charge is 0.408 e. The molecule has 0 bridgehead atoms. The van der Waals surface area contributed by atoms with E-state index >= 15 is 0 Å². The molecule has 6 heteroatoms. The van der Waals surface area contributed by atoms with Gasteiger partial charge in [-0.25, -0.2) is 9.59 Å². The summed E-state index contributed by atoms with van der Waals surface area (Å²) in [5, 5.41) is 5.83. The highest BCUT2D eigenvalue weighted by Crippen LogP contribution is 2.16. The maximum Gasteiger partial charge on any atom is 0.408 e. The third-order valence-electron chi connectivity index (χ3n) is 2.93. The standard InChI is InChI=1S/C13H24N2O4/c1-13(2,3)19-12(17)15-10(11(16)18-4)9-6-5-7-14-8-9/h9-10,14H,5-8H2,1-4H3,(H,15,17)/t9-,10+/m1/s1. The van der Waals surface area contributed by atoms with Gasteiger partial charge in [0.05, 0.1) is 7.11 Å². The molecular formula is C13H24N2O4. The van der Waals surface area contributed by atoms with Crippen LogP contribution in [-0.4, -0.2) is 43.9 Å². The second kappa shape index (κ2) is 6.75. The first-order valence-electron chi connectivity index (χ1n) is 6.61. The lowest BCUT2D eigenvalue weighted by atomic mass is 9.92. The summed E-state index contributed by atoms with van der Waals surface area (Å²) in [5.74, 6) is -0.395. The van der Waals surface area contributed by atoms with E-state index in [4.69, 9.17) is 9.47 Å². The van der Waals surface area contributed by atoms with Crippen LogP contribution >= 0.6 is 0 Å². The first-order chi connectivity index (χ1) is 8.83. The van der Waals surface area contributed by atoms with Crippen molar-refractivity contribution in [2.75, 3.05) is 20.2 Å². The van der Waals surface area contributed by atoms with E-state index < -0.39 is 23.7 Å². The second-order valence-corrected chi connectivity index (χ2v) is 5.75. The summed E-state index contributed by atoms with van der Waals surface area (Å²) in [4.78, 5) is 23.6. The first-order valence-corrected chi connectivity index (χ1v) is 6.61. The number of hydrogen-bond donors (Lipinski definition) is 2. The predicted molar refractivity (Wildman–Crippen MR) is 70.8 cm³/mol. The van der Waals surface area contributed by atoms with E-state index in [1.54, 1.807) is 20.8 Å². The van der Waals surface area contributed by atoms with Gasteiger partial charge in [0.1, 0.15) is 11.6 Å². The lowest BCUT2D eigenvalue weighted by molar-refractivity contribution is -0.144. The fraction of sp³-hybridized carbons (Fsp3) is 0.846. The number of ether oxygens (including phenoxy) is 2. The van der Waals surface area contributed by atoms with E-state index in [0.29, 0.717) is 6.54 Å². The number of methoxy groups -OCH3 is 1. The Morgan fingerprint density at radius 3 is 2.53 bits per heavy atom. The van der Waals surface area contributed by atoms with Crippen LogP contribution in [0.5, 0.6) is 0 Å². The molecule has 0 aliphatic carbocycles. The number of esters is 1. The van der Waals surface area contributed by atoms with Gasteiger partial charge >= 0.3 is 12.1 Å². The van der Waals surface area contributed by atoms with E-state index in [1.807, 2.05) is 0 Å². The maximum absolute atomic E-state index is 11.8. The van der Waals surface area contributed by atoms with E-state index in [-0.39, 0.29) is 5.92 Å². The Bertz CT molecular complexity index is 319. The number of rotatable bonds is 3. The van der Waals surface area contributed by atoms with E-state index in [2.05, 4.69) is 10.6 Å².